The molecule has 0 aromatic heterocycles. The summed E-state index contributed by atoms with van der Waals surface area (Å²) < 4.78 is 54.0. The van der Waals surface area contributed by atoms with Gasteiger partial charge in [-0.1, -0.05) is 24.3 Å². The first kappa shape index (κ1) is 20.9. The van der Waals surface area contributed by atoms with Crippen molar-refractivity contribution in [3.05, 3.63) is 65.7 Å². The van der Waals surface area contributed by atoms with E-state index in [9.17, 15) is 22.0 Å². The number of sulfonamides is 1. The van der Waals surface area contributed by atoms with E-state index in [1.807, 2.05) is 4.90 Å². The largest absolute Gasteiger partial charge is 0.335 e. The van der Waals surface area contributed by atoms with Crippen LogP contribution in [0.3, 0.4) is 0 Å². The van der Waals surface area contributed by atoms with Crippen LogP contribution in [0.2, 0.25) is 0 Å². The standard InChI is InChI=1S/C22H24F2N2O3S/c23-18-9-7-16(8-10-18)20-5-3-13-26(20)22(27)17-11-14-25(15-12-17)30(28,29)21-6-2-1-4-19(21)24/h1-2,4,6-10,17,20H,3,5,11-15H2. The molecule has 2 aliphatic heterocycles. The number of halogens is 2. The molecule has 1 atom stereocenters. The van der Waals surface area contributed by atoms with Crippen molar-refractivity contribution in [2.24, 2.45) is 5.92 Å². The van der Waals surface area contributed by atoms with E-state index in [0.717, 1.165) is 24.5 Å². The van der Waals surface area contributed by atoms with Crippen LogP contribution in [0, 0.1) is 17.6 Å². The summed E-state index contributed by atoms with van der Waals surface area (Å²) in [4.78, 5) is 14.7. The number of hydrogen-bond donors (Lipinski definition) is 0. The molecular formula is C22H24F2N2O3S. The smallest absolute Gasteiger partial charge is 0.245 e. The zero-order valence-corrected chi connectivity index (χ0v) is 17.3. The molecule has 0 saturated carbocycles. The van der Waals surface area contributed by atoms with Gasteiger partial charge in [-0.3, -0.25) is 4.79 Å². The Kier molecular flexibility index (Phi) is 5.88. The highest BCUT2D eigenvalue weighted by atomic mass is 32.2. The lowest BCUT2D eigenvalue weighted by Crippen LogP contribution is -2.44. The van der Waals surface area contributed by atoms with Crippen LogP contribution in [0.15, 0.2) is 53.4 Å². The van der Waals surface area contributed by atoms with Gasteiger partial charge < -0.3 is 4.90 Å². The van der Waals surface area contributed by atoms with E-state index >= 15 is 0 Å². The second kappa shape index (κ2) is 8.43. The minimum Gasteiger partial charge on any atom is -0.335 e. The van der Waals surface area contributed by atoms with Crippen LogP contribution in [0.4, 0.5) is 8.78 Å². The topological polar surface area (TPSA) is 57.7 Å². The normalized spacial score (nSPS) is 21.1. The quantitative estimate of drug-likeness (QED) is 0.737. The minimum atomic E-state index is -3.92. The van der Waals surface area contributed by atoms with Crippen LogP contribution < -0.4 is 0 Å². The first-order valence-corrected chi connectivity index (χ1v) is 11.6. The van der Waals surface area contributed by atoms with Gasteiger partial charge in [-0.2, -0.15) is 4.31 Å². The minimum absolute atomic E-state index is 0.0183. The van der Waals surface area contributed by atoms with Crippen LogP contribution >= 0.6 is 0 Å². The van der Waals surface area contributed by atoms with E-state index in [-0.39, 0.29) is 41.7 Å². The van der Waals surface area contributed by atoms with Crippen LogP contribution in [0.5, 0.6) is 0 Å². The Balaban J connectivity index is 1.43. The van der Waals surface area contributed by atoms with Crippen molar-refractivity contribution in [1.82, 2.24) is 9.21 Å². The maximum Gasteiger partial charge on any atom is 0.245 e. The third-order valence-corrected chi connectivity index (χ3v) is 7.98. The molecule has 0 bridgehead atoms. The number of nitrogens with zero attached hydrogens (tertiary/aromatic N) is 2. The molecule has 2 aromatic carbocycles. The van der Waals surface area contributed by atoms with Crippen molar-refractivity contribution in [1.29, 1.82) is 0 Å². The fourth-order valence-electron chi connectivity index (χ4n) is 4.43. The average molecular weight is 435 g/mol. The highest BCUT2D eigenvalue weighted by molar-refractivity contribution is 7.89. The zero-order chi connectivity index (χ0) is 21.3. The Labute approximate surface area is 175 Å². The number of hydrogen-bond acceptors (Lipinski definition) is 3. The van der Waals surface area contributed by atoms with E-state index in [2.05, 4.69) is 0 Å². The zero-order valence-electron chi connectivity index (χ0n) is 16.5. The molecule has 5 nitrogen and oxygen atoms in total. The van der Waals surface area contributed by atoms with Gasteiger partial charge in [-0.05, 0) is 55.5 Å². The molecule has 160 valence electrons. The monoisotopic (exact) mass is 434 g/mol. The van der Waals surface area contributed by atoms with Gasteiger partial charge in [0.1, 0.15) is 16.5 Å². The molecule has 30 heavy (non-hydrogen) atoms. The first-order valence-electron chi connectivity index (χ1n) is 10.2. The maximum atomic E-state index is 14.0. The van der Waals surface area contributed by atoms with Crippen molar-refractivity contribution in [2.75, 3.05) is 19.6 Å². The van der Waals surface area contributed by atoms with Gasteiger partial charge in [-0.25, -0.2) is 17.2 Å². The van der Waals surface area contributed by atoms with Crippen molar-refractivity contribution >= 4 is 15.9 Å². The van der Waals surface area contributed by atoms with Gasteiger partial charge in [0.25, 0.3) is 0 Å². The van der Waals surface area contributed by atoms with Gasteiger partial charge in [0.15, 0.2) is 0 Å². The lowest BCUT2D eigenvalue weighted by Gasteiger charge is -2.34. The van der Waals surface area contributed by atoms with Gasteiger partial charge in [-0.15, -0.1) is 0 Å². The molecule has 2 fully saturated rings. The summed E-state index contributed by atoms with van der Waals surface area (Å²) in [5.41, 5.74) is 0.918. The van der Waals surface area contributed by atoms with E-state index in [1.54, 1.807) is 12.1 Å². The Morgan fingerprint density at radius 3 is 2.23 bits per heavy atom. The summed E-state index contributed by atoms with van der Waals surface area (Å²) in [6.45, 7) is 1.01. The fourth-order valence-corrected chi connectivity index (χ4v) is 5.97. The predicted octanol–water partition coefficient (Wildman–Crippen LogP) is 3.73. The third kappa shape index (κ3) is 3.98. The number of piperidine rings is 1. The van der Waals surface area contributed by atoms with Crippen molar-refractivity contribution in [3.63, 3.8) is 0 Å². The predicted molar refractivity (Wildman–Crippen MR) is 108 cm³/mol. The van der Waals surface area contributed by atoms with Crippen molar-refractivity contribution in [3.8, 4) is 0 Å². The van der Waals surface area contributed by atoms with Crippen LogP contribution in [0.1, 0.15) is 37.3 Å². The number of carbonyl (C=O) groups excluding carboxylic acids is 1. The van der Waals surface area contributed by atoms with Crippen LogP contribution in [-0.4, -0.2) is 43.2 Å². The van der Waals surface area contributed by atoms with Gasteiger partial charge >= 0.3 is 0 Å². The van der Waals surface area contributed by atoms with Crippen LogP contribution in [0.25, 0.3) is 0 Å². The molecule has 4 rings (SSSR count). The van der Waals surface area contributed by atoms with E-state index in [4.69, 9.17) is 0 Å². The highest BCUT2D eigenvalue weighted by Gasteiger charge is 2.38. The number of rotatable bonds is 4. The maximum absolute atomic E-state index is 14.0. The molecule has 0 aliphatic carbocycles. The molecule has 2 saturated heterocycles. The lowest BCUT2D eigenvalue weighted by atomic mass is 9.95. The molecule has 1 unspecified atom stereocenters. The van der Waals surface area contributed by atoms with Gasteiger partial charge in [0.05, 0.1) is 6.04 Å². The molecule has 2 aliphatic rings. The third-order valence-electron chi connectivity index (χ3n) is 6.05. The summed E-state index contributed by atoms with van der Waals surface area (Å²) in [6.07, 6.45) is 2.52. The molecule has 2 heterocycles. The number of benzene rings is 2. The van der Waals surface area contributed by atoms with Crippen molar-refractivity contribution in [2.45, 2.75) is 36.6 Å². The Bertz CT molecular complexity index is 1020. The Morgan fingerprint density at radius 2 is 1.57 bits per heavy atom. The second-order valence-electron chi connectivity index (χ2n) is 7.85. The average Bonchev–Trinajstić information content (AvgIpc) is 3.24. The summed E-state index contributed by atoms with van der Waals surface area (Å²) in [6, 6.07) is 11.5. The summed E-state index contributed by atoms with van der Waals surface area (Å²) in [5.74, 6) is -1.32. The van der Waals surface area contributed by atoms with Gasteiger partial charge in [0, 0.05) is 25.6 Å². The second-order valence-corrected chi connectivity index (χ2v) is 9.76. The SMILES string of the molecule is O=C(C1CCN(S(=O)(=O)c2ccccc2F)CC1)N1CCCC1c1ccc(F)cc1. The first-order chi connectivity index (χ1) is 14.4. The molecule has 2 aromatic rings. The molecule has 0 radical (unpaired) electrons. The number of carbonyl (C=O) groups is 1. The Hall–Kier alpha value is -2.32. The number of amides is 1. The lowest BCUT2D eigenvalue weighted by molar-refractivity contribution is -0.137. The van der Waals surface area contributed by atoms with E-state index in [0.29, 0.717) is 19.4 Å². The van der Waals surface area contributed by atoms with E-state index < -0.39 is 15.8 Å². The Morgan fingerprint density at radius 1 is 0.900 bits per heavy atom. The summed E-state index contributed by atoms with van der Waals surface area (Å²) in [7, 11) is -3.92. The molecule has 8 heteroatoms. The highest BCUT2D eigenvalue weighted by Crippen LogP contribution is 2.35. The number of likely N-dealkylation sites (tertiary alicyclic amines) is 1. The molecule has 0 N–H and O–H groups in total. The van der Waals surface area contributed by atoms with E-state index in [1.165, 1.54) is 34.6 Å². The fraction of sp³-hybridized carbons (Fsp3) is 0.409. The van der Waals surface area contributed by atoms with Crippen molar-refractivity contribution < 1.29 is 22.0 Å². The van der Waals surface area contributed by atoms with Crippen LogP contribution in [-0.2, 0) is 14.8 Å². The summed E-state index contributed by atoms with van der Waals surface area (Å²) in [5, 5.41) is 0. The molecule has 1 amide bonds. The summed E-state index contributed by atoms with van der Waals surface area (Å²) >= 11 is 0. The molecule has 0 spiro atoms. The molecular weight excluding hydrogens is 410 g/mol. The van der Waals surface area contributed by atoms with Gasteiger partial charge in [0.2, 0.25) is 15.9 Å².